The summed E-state index contributed by atoms with van der Waals surface area (Å²) in [5.74, 6) is 0.501. The molecule has 29 heavy (non-hydrogen) atoms. The summed E-state index contributed by atoms with van der Waals surface area (Å²) in [5.41, 5.74) is 0.0522. The molecule has 0 saturated heterocycles. The second-order valence-corrected chi connectivity index (χ2v) is 9.22. The third-order valence-electron chi connectivity index (χ3n) is 5.48. The summed E-state index contributed by atoms with van der Waals surface area (Å²) in [6, 6.07) is 5.07. The summed E-state index contributed by atoms with van der Waals surface area (Å²) in [4.78, 5) is 4.09. The molecule has 6 nitrogen and oxygen atoms in total. The maximum absolute atomic E-state index is 13.2. The zero-order chi connectivity index (χ0) is 21.2. The zero-order valence-corrected chi connectivity index (χ0v) is 16.6. The van der Waals surface area contributed by atoms with Crippen LogP contribution in [0.25, 0.3) is 22.0 Å². The van der Waals surface area contributed by atoms with E-state index in [0.29, 0.717) is 33.5 Å². The van der Waals surface area contributed by atoms with Gasteiger partial charge in [0.05, 0.1) is 21.5 Å². The Hall–Kier alpha value is -2.46. The van der Waals surface area contributed by atoms with Crippen molar-refractivity contribution < 1.29 is 26.1 Å². The van der Waals surface area contributed by atoms with Crippen molar-refractivity contribution in [3.8, 4) is 11.1 Å². The number of aromatic nitrogens is 2. The number of halogens is 3. The van der Waals surface area contributed by atoms with Gasteiger partial charge in [-0.15, -0.1) is 0 Å². The number of pyridine rings is 1. The quantitative estimate of drug-likeness (QED) is 0.680. The largest absolute Gasteiger partial charge is 0.395 e. The van der Waals surface area contributed by atoms with Crippen LogP contribution in [0.4, 0.5) is 13.2 Å². The molecule has 1 aliphatic rings. The Labute approximate surface area is 165 Å². The van der Waals surface area contributed by atoms with Gasteiger partial charge in [-0.1, -0.05) is 5.16 Å². The van der Waals surface area contributed by atoms with E-state index in [0.717, 1.165) is 6.92 Å². The van der Waals surface area contributed by atoms with Crippen molar-refractivity contribution in [3.63, 3.8) is 0 Å². The molecule has 0 bridgehead atoms. The first-order chi connectivity index (χ1) is 13.4. The van der Waals surface area contributed by atoms with Crippen LogP contribution < -0.4 is 4.72 Å². The molecule has 2 atom stereocenters. The number of hydrogen-bond donors (Lipinski definition) is 1. The number of rotatable bonds is 4. The summed E-state index contributed by atoms with van der Waals surface area (Å²) < 4.78 is 73.1. The summed E-state index contributed by atoms with van der Waals surface area (Å²) >= 11 is 0. The monoisotopic (exact) mass is 425 g/mol. The summed E-state index contributed by atoms with van der Waals surface area (Å²) in [7, 11) is -4.24. The van der Waals surface area contributed by atoms with Gasteiger partial charge in [0.1, 0.15) is 5.76 Å². The van der Waals surface area contributed by atoms with E-state index in [2.05, 4.69) is 14.9 Å². The van der Waals surface area contributed by atoms with E-state index in [-0.39, 0.29) is 11.3 Å². The number of nitrogens with one attached hydrogen (secondary N) is 1. The van der Waals surface area contributed by atoms with Crippen LogP contribution in [0.2, 0.25) is 0 Å². The van der Waals surface area contributed by atoms with Crippen molar-refractivity contribution in [2.24, 2.45) is 5.41 Å². The molecule has 2 aromatic heterocycles. The zero-order valence-electron chi connectivity index (χ0n) is 15.8. The van der Waals surface area contributed by atoms with E-state index < -0.39 is 27.7 Å². The molecule has 0 spiro atoms. The molecule has 0 aliphatic heterocycles. The van der Waals surface area contributed by atoms with Gasteiger partial charge >= 0.3 is 6.18 Å². The molecule has 1 saturated carbocycles. The maximum atomic E-state index is 13.2. The fourth-order valence-electron chi connectivity index (χ4n) is 3.51. The Balaban J connectivity index is 1.83. The molecule has 2 heterocycles. The lowest BCUT2D eigenvalue weighted by Crippen LogP contribution is -2.35. The predicted molar refractivity (Wildman–Crippen MR) is 99.6 cm³/mol. The fraction of sp³-hybridized carbons (Fsp3) is 0.368. The Morgan fingerprint density at radius 3 is 2.59 bits per heavy atom. The Morgan fingerprint density at radius 1 is 1.28 bits per heavy atom. The van der Waals surface area contributed by atoms with Crippen LogP contribution in [0.5, 0.6) is 0 Å². The SMILES string of the molecule is Cc1noc(C)c1-c1cc(S(=O)(=O)NC2CC2(C)C(F)(F)F)c2cccnc2c1. The number of aryl methyl sites for hydroxylation is 2. The van der Waals surface area contributed by atoms with Crippen molar-refractivity contribution in [1.29, 1.82) is 0 Å². The molecule has 0 radical (unpaired) electrons. The van der Waals surface area contributed by atoms with Crippen LogP contribution in [0, 0.1) is 19.3 Å². The predicted octanol–water partition coefficient (Wildman–Crippen LogP) is 4.13. The Morgan fingerprint density at radius 2 is 2.00 bits per heavy atom. The van der Waals surface area contributed by atoms with Gasteiger partial charge in [0.25, 0.3) is 0 Å². The van der Waals surface area contributed by atoms with Crippen LogP contribution in [0.15, 0.2) is 39.9 Å². The van der Waals surface area contributed by atoms with Gasteiger partial charge in [-0.25, -0.2) is 13.1 Å². The highest BCUT2D eigenvalue weighted by molar-refractivity contribution is 7.89. The molecule has 3 aromatic rings. The third-order valence-corrected chi connectivity index (χ3v) is 6.99. The lowest BCUT2D eigenvalue weighted by molar-refractivity contribution is -0.183. The molecule has 1 aromatic carbocycles. The van der Waals surface area contributed by atoms with Gasteiger partial charge < -0.3 is 4.52 Å². The highest BCUT2D eigenvalue weighted by Gasteiger charge is 2.68. The van der Waals surface area contributed by atoms with Crippen molar-refractivity contribution in [2.75, 3.05) is 0 Å². The highest BCUT2D eigenvalue weighted by Crippen LogP contribution is 2.57. The Bertz CT molecular complexity index is 1200. The van der Waals surface area contributed by atoms with Crippen molar-refractivity contribution >= 4 is 20.9 Å². The Kier molecular flexibility index (Phi) is 4.29. The minimum Gasteiger partial charge on any atom is -0.361 e. The van der Waals surface area contributed by atoms with Crippen molar-refractivity contribution in [2.45, 2.75) is 44.3 Å². The van der Waals surface area contributed by atoms with E-state index >= 15 is 0 Å². The standard InChI is InChI=1S/C19H18F3N3O3S/c1-10-17(11(2)28-24-10)12-7-14-13(5-4-6-23-14)15(8-12)29(26,27)25-16-9-18(16,3)19(20,21)22/h4-8,16,25H,9H2,1-3H3. The molecular formula is C19H18F3N3O3S. The van der Waals surface area contributed by atoms with E-state index in [1.54, 1.807) is 32.0 Å². The number of hydrogen-bond acceptors (Lipinski definition) is 5. The lowest BCUT2D eigenvalue weighted by Gasteiger charge is -2.17. The van der Waals surface area contributed by atoms with E-state index in [9.17, 15) is 21.6 Å². The smallest absolute Gasteiger partial charge is 0.361 e. The molecule has 1 N–H and O–H groups in total. The first-order valence-electron chi connectivity index (χ1n) is 8.85. The van der Waals surface area contributed by atoms with Gasteiger partial charge in [-0.2, -0.15) is 13.2 Å². The van der Waals surface area contributed by atoms with Gasteiger partial charge in [0.2, 0.25) is 10.0 Å². The molecule has 1 aliphatic carbocycles. The second kappa shape index (κ2) is 6.27. The second-order valence-electron chi connectivity index (χ2n) is 7.54. The lowest BCUT2D eigenvalue weighted by atomic mass is 10.0. The third kappa shape index (κ3) is 3.20. The summed E-state index contributed by atoms with van der Waals surface area (Å²) in [6.07, 6.45) is -3.26. The van der Waals surface area contributed by atoms with Crippen molar-refractivity contribution in [1.82, 2.24) is 14.9 Å². The maximum Gasteiger partial charge on any atom is 0.395 e. The first-order valence-corrected chi connectivity index (χ1v) is 10.3. The van der Waals surface area contributed by atoms with E-state index in [4.69, 9.17) is 4.52 Å². The number of sulfonamides is 1. The molecule has 10 heteroatoms. The van der Waals surface area contributed by atoms with Crippen molar-refractivity contribution in [3.05, 3.63) is 41.9 Å². The van der Waals surface area contributed by atoms with E-state index in [1.165, 1.54) is 12.3 Å². The van der Waals surface area contributed by atoms with Gasteiger partial charge in [0, 0.05) is 23.2 Å². The van der Waals surface area contributed by atoms with Gasteiger partial charge in [-0.3, -0.25) is 4.98 Å². The number of fused-ring (bicyclic) bond motifs is 1. The molecule has 154 valence electrons. The van der Waals surface area contributed by atoms with Gasteiger partial charge in [-0.05, 0) is 57.0 Å². The molecule has 1 fully saturated rings. The normalized spacial score (nSPS) is 22.2. The number of alkyl halides is 3. The molecular weight excluding hydrogens is 407 g/mol. The van der Waals surface area contributed by atoms with Crippen LogP contribution >= 0.6 is 0 Å². The minimum absolute atomic E-state index is 0.130. The van der Waals surface area contributed by atoms with E-state index in [1.807, 2.05) is 0 Å². The van der Waals surface area contributed by atoms with Crippen LogP contribution in [0.3, 0.4) is 0 Å². The number of nitrogens with zero attached hydrogens (tertiary/aromatic N) is 2. The fourth-order valence-corrected chi connectivity index (χ4v) is 5.10. The summed E-state index contributed by atoms with van der Waals surface area (Å²) in [5, 5.41) is 4.21. The topological polar surface area (TPSA) is 85.1 Å². The minimum atomic E-state index is -4.48. The molecule has 2 unspecified atom stereocenters. The summed E-state index contributed by atoms with van der Waals surface area (Å²) in [6.45, 7) is 4.43. The average molecular weight is 425 g/mol. The highest BCUT2D eigenvalue weighted by atomic mass is 32.2. The van der Waals surface area contributed by atoms with Gasteiger partial charge in [0.15, 0.2) is 0 Å². The average Bonchev–Trinajstić information content (AvgIpc) is 3.17. The van der Waals surface area contributed by atoms with Crippen LogP contribution in [-0.4, -0.2) is 30.8 Å². The molecule has 4 rings (SSSR count). The first kappa shape index (κ1) is 19.8. The molecule has 0 amide bonds. The number of benzene rings is 1. The van der Waals surface area contributed by atoms with Crippen LogP contribution in [0.1, 0.15) is 24.8 Å². The van der Waals surface area contributed by atoms with Crippen LogP contribution in [-0.2, 0) is 10.0 Å².